The maximum absolute atomic E-state index is 12.5. The molecule has 0 saturated heterocycles. The fourth-order valence-electron chi connectivity index (χ4n) is 2.71. The largest absolute Gasteiger partial charge is 0.492 e. The summed E-state index contributed by atoms with van der Waals surface area (Å²) in [6, 6.07) is 12.0. The summed E-state index contributed by atoms with van der Waals surface area (Å²) < 4.78 is 10.8. The third-order valence-electron chi connectivity index (χ3n) is 4.17. The number of anilines is 2. The number of thioether (sulfide) groups is 1. The molecule has 0 radical (unpaired) electrons. The monoisotopic (exact) mass is 414 g/mol. The van der Waals surface area contributed by atoms with Crippen molar-refractivity contribution < 1.29 is 23.9 Å². The van der Waals surface area contributed by atoms with E-state index >= 15 is 0 Å². The number of rotatable bonds is 6. The van der Waals surface area contributed by atoms with Crippen LogP contribution in [0.1, 0.15) is 30.6 Å². The molecule has 29 heavy (non-hydrogen) atoms. The molecule has 2 N–H and O–H groups in total. The van der Waals surface area contributed by atoms with Crippen LogP contribution in [0.3, 0.4) is 0 Å². The lowest BCUT2D eigenvalue weighted by molar-refractivity contribution is -0.123. The molecule has 2 aromatic rings. The van der Waals surface area contributed by atoms with Gasteiger partial charge in [-0.15, -0.1) is 11.8 Å². The van der Waals surface area contributed by atoms with Gasteiger partial charge in [-0.3, -0.25) is 9.59 Å². The van der Waals surface area contributed by atoms with Gasteiger partial charge in [-0.1, -0.05) is 12.1 Å². The smallest absolute Gasteiger partial charge is 0.338 e. The first kappa shape index (κ1) is 20.7. The molecular formula is C21H22N2O5S. The summed E-state index contributed by atoms with van der Waals surface area (Å²) in [5.74, 6) is 0.0211. The van der Waals surface area contributed by atoms with Crippen LogP contribution in [0.4, 0.5) is 11.4 Å². The Kier molecular flexibility index (Phi) is 6.77. The third-order valence-corrected chi connectivity index (χ3v) is 5.25. The normalized spacial score (nSPS) is 14.1. The number of carbonyl (C=O) groups is 3. The van der Waals surface area contributed by atoms with E-state index in [0.717, 1.165) is 4.90 Å². The topological polar surface area (TPSA) is 93.7 Å². The summed E-state index contributed by atoms with van der Waals surface area (Å²) >= 11 is 1.55. The summed E-state index contributed by atoms with van der Waals surface area (Å²) in [6.45, 7) is 3.81. The van der Waals surface area contributed by atoms with Crippen LogP contribution < -0.4 is 15.4 Å². The van der Waals surface area contributed by atoms with E-state index in [4.69, 9.17) is 9.47 Å². The molecule has 1 atom stereocenters. The highest BCUT2D eigenvalue weighted by atomic mass is 32.2. The van der Waals surface area contributed by atoms with E-state index < -0.39 is 18.0 Å². The molecule has 3 rings (SSSR count). The van der Waals surface area contributed by atoms with Crippen molar-refractivity contribution in [2.45, 2.75) is 31.3 Å². The van der Waals surface area contributed by atoms with Gasteiger partial charge in [-0.2, -0.15) is 0 Å². The first-order valence-corrected chi connectivity index (χ1v) is 10.3. The predicted octanol–water partition coefficient (Wildman–Crippen LogP) is 3.70. The minimum absolute atomic E-state index is 0.0949. The van der Waals surface area contributed by atoms with E-state index in [1.165, 1.54) is 6.92 Å². The van der Waals surface area contributed by atoms with Gasteiger partial charge in [0.15, 0.2) is 6.10 Å². The number of hydrogen-bond donors (Lipinski definition) is 2. The molecule has 2 aromatic carbocycles. The average Bonchev–Trinajstić information content (AvgIpc) is 2.89. The molecule has 2 amide bonds. The van der Waals surface area contributed by atoms with E-state index in [9.17, 15) is 14.4 Å². The molecular weight excluding hydrogens is 392 g/mol. The molecule has 0 aromatic heterocycles. The van der Waals surface area contributed by atoms with Crippen molar-refractivity contribution >= 4 is 40.9 Å². The van der Waals surface area contributed by atoms with Crippen LogP contribution in [-0.2, 0) is 14.3 Å². The molecule has 8 heteroatoms. The summed E-state index contributed by atoms with van der Waals surface area (Å²) in [7, 11) is 0. The van der Waals surface area contributed by atoms with Crippen LogP contribution in [0.2, 0.25) is 0 Å². The molecule has 1 aliphatic heterocycles. The Balaban J connectivity index is 1.66. The molecule has 0 bridgehead atoms. The number of amides is 2. The summed E-state index contributed by atoms with van der Waals surface area (Å²) in [6.07, 6.45) is -0.598. The number of ether oxygens (including phenoxy) is 2. The Morgan fingerprint density at radius 3 is 2.83 bits per heavy atom. The second kappa shape index (κ2) is 9.47. The van der Waals surface area contributed by atoms with Crippen molar-refractivity contribution in [1.82, 2.24) is 0 Å². The minimum atomic E-state index is -1.01. The third kappa shape index (κ3) is 5.29. The number of benzene rings is 2. The first-order valence-electron chi connectivity index (χ1n) is 9.28. The van der Waals surface area contributed by atoms with Crippen molar-refractivity contribution in [3.63, 3.8) is 0 Å². The molecule has 1 heterocycles. The highest BCUT2D eigenvalue weighted by molar-refractivity contribution is 7.99. The molecule has 152 valence electrons. The Hall–Kier alpha value is -3.00. The SMILES string of the molecule is CCOc1ccccc1NC(=O)[C@@H](C)OC(=O)c1ccc2c(c1)NC(=O)CCS2. The zero-order valence-corrected chi connectivity index (χ0v) is 17.0. The van der Waals surface area contributed by atoms with Gasteiger partial charge in [-0.25, -0.2) is 4.79 Å². The molecule has 0 aliphatic carbocycles. The van der Waals surface area contributed by atoms with Gasteiger partial charge in [0.2, 0.25) is 5.91 Å². The molecule has 0 unspecified atom stereocenters. The molecule has 0 fully saturated rings. The highest BCUT2D eigenvalue weighted by Gasteiger charge is 2.22. The second-order valence-corrected chi connectivity index (χ2v) is 7.46. The first-order chi connectivity index (χ1) is 14.0. The lowest BCUT2D eigenvalue weighted by atomic mass is 10.2. The average molecular weight is 414 g/mol. The maximum Gasteiger partial charge on any atom is 0.338 e. The lowest BCUT2D eigenvalue weighted by Crippen LogP contribution is -2.30. The summed E-state index contributed by atoms with van der Waals surface area (Å²) in [4.78, 5) is 37.6. The fraction of sp³-hybridized carbons (Fsp3) is 0.286. The summed E-state index contributed by atoms with van der Waals surface area (Å²) in [5.41, 5.74) is 1.35. The maximum atomic E-state index is 12.5. The Bertz CT molecular complexity index is 931. The van der Waals surface area contributed by atoms with Crippen LogP contribution in [0.5, 0.6) is 5.75 Å². The molecule has 0 spiro atoms. The van der Waals surface area contributed by atoms with Crippen LogP contribution in [0, 0.1) is 0 Å². The van der Waals surface area contributed by atoms with Gasteiger partial charge in [0, 0.05) is 17.1 Å². The van der Waals surface area contributed by atoms with Crippen molar-refractivity contribution in [2.24, 2.45) is 0 Å². The quantitative estimate of drug-likeness (QED) is 0.700. The van der Waals surface area contributed by atoms with Crippen LogP contribution in [0.15, 0.2) is 47.4 Å². The number of hydrogen-bond acceptors (Lipinski definition) is 6. The van der Waals surface area contributed by atoms with Gasteiger partial charge >= 0.3 is 5.97 Å². The molecule has 1 aliphatic rings. The summed E-state index contributed by atoms with van der Waals surface area (Å²) in [5, 5.41) is 5.50. The Labute approximate surface area is 173 Å². The van der Waals surface area contributed by atoms with Gasteiger partial charge in [0.05, 0.1) is 23.5 Å². The Morgan fingerprint density at radius 2 is 2.03 bits per heavy atom. The van der Waals surface area contributed by atoms with E-state index in [1.807, 2.05) is 6.92 Å². The van der Waals surface area contributed by atoms with Gasteiger partial charge < -0.3 is 20.1 Å². The van der Waals surface area contributed by atoms with Crippen molar-refractivity contribution in [3.8, 4) is 5.75 Å². The van der Waals surface area contributed by atoms with Crippen molar-refractivity contribution in [3.05, 3.63) is 48.0 Å². The number of fused-ring (bicyclic) bond motifs is 1. The van der Waals surface area contributed by atoms with E-state index in [1.54, 1.807) is 54.2 Å². The lowest BCUT2D eigenvalue weighted by Gasteiger charge is -2.16. The molecule has 7 nitrogen and oxygen atoms in total. The van der Waals surface area contributed by atoms with Crippen LogP contribution in [-0.4, -0.2) is 36.2 Å². The van der Waals surface area contributed by atoms with Gasteiger partial charge in [0.1, 0.15) is 5.75 Å². The van der Waals surface area contributed by atoms with Crippen molar-refractivity contribution in [2.75, 3.05) is 23.0 Å². The van der Waals surface area contributed by atoms with Gasteiger partial charge in [0.25, 0.3) is 5.91 Å². The highest BCUT2D eigenvalue weighted by Crippen LogP contribution is 2.31. The number of para-hydroxylation sites is 2. The van der Waals surface area contributed by atoms with Crippen molar-refractivity contribution in [1.29, 1.82) is 0 Å². The second-order valence-electron chi connectivity index (χ2n) is 6.32. The number of esters is 1. The van der Waals surface area contributed by atoms with Gasteiger partial charge in [-0.05, 0) is 44.2 Å². The van der Waals surface area contributed by atoms with E-state index in [0.29, 0.717) is 35.9 Å². The van der Waals surface area contributed by atoms with E-state index in [2.05, 4.69) is 10.6 Å². The fourth-order valence-corrected chi connectivity index (χ4v) is 3.65. The number of carbonyl (C=O) groups excluding carboxylic acids is 3. The van der Waals surface area contributed by atoms with Crippen LogP contribution in [0.25, 0.3) is 0 Å². The standard InChI is InChI=1S/C21H22N2O5S/c1-3-27-17-7-5-4-6-15(17)23-20(25)13(2)28-21(26)14-8-9-18-16(12-14)22-19(24)10-11-29-18/h4-9,12-13H,3,10-11H2,1-2H3,(H,22,24)(H,23,25)/t13-/m1/s1. The minimum Gasteiger partial charge on any atom is -0.492 e. The molecule has 0 saturated carbocycles. The van der Waals surface area contributed by atoms with Crippen LogP contribution >= 0.6 is 11.8 Å². The predicted molar refractivity (Wildman–Crippen MR) is 112 cm³/mol. The number of nitrogens with one attached hydrogen (secondary N) is 2. The Morgan fingerprint density at radius 1 is 1.24 bits per heavy atom. The zero-order valence-electron chi connectivity index (χ0n) is 16.2. The van der Waals surface area contributed by atoms with E-state index in [-0.39, 0.29) is 11.5 Å². The zero-order chi connectivity index (χ0) is 20.8.